The van der Waals surface area contributed by atoms with Crippen LogP contribution in [0.25, 0.3) is 21.7 Å². The molecule has 0 spiro atoms. The molecule has 26 heavy (non-hydrogen) atoms. The van der Waals surface area contributed by atoms with Crippen LogP contribution in [-0.4, -0.2) is 5.91 Å². The van der Waals surface area contributed by atoms with Crippen LogP contribution in [0.4, 0.5) is 5.69 Å². The van der Waals surface area contributed by atoms with E-state index in [4.69, 9.17) is 4.42 Å². The van der Waals surface area contributed by atoms with Gasteiger partial charge in [-0.3, -0.25) is 4.79 Å². The molecular formula is C22H18INO2. The number of hydrogen-bond donors (Lipinski definition) is 1. The lowest BCUT2D eigenvalue weighted by Gasteiger charge is -2.13. The minimum absolute atomic E-state index is 0.228. The van der Waals surface area contributed by atoms with Crippen molar-refractivity contribution in [1.82, 2.24) is 0 Å². The van der Waals surface area contributed by atoms with E-state index in [1.165, 1.54) is 0 Å². The lowest BCUT2D eigenvalue weighted by molar-refractivity contribution is 0.0998. The number of hydrogen-bond acceptors (Lipinski definition) is 2. The van der Waals surface area contributed by atoms with Gasteiger partial charge in [0.05, 0.1) is 0 Å². The number of halogens is 1. The van der Waals surface area contributed by atoms with Gasteiger partial charge in [0.1, 0.15) is 5.58 Å². The first-order valence-electron chi connectivity index (χ1n) is 8.55. The molecule has 4 aromatic rings. The van der Waals surface area contributed by atoms with Crippen molar-refractivity contribution in [2.75, 3.05) is 5.32 Å². The van der Waals surface area contributed by atoms with Crippen LogP contribution in [0.1, 0.15) is 35.9 Å². The first kappa shape index (κ1) is 17.1. The Bertz CT molecular complexity index is 1130. The number of nitrogens with one attached hydrogen (secondary N) is 1. The molecule has 1 amide bonds. The van der Waals surface area contributed by atoms with Gasteiger partial charge in [0.15, 0.2) is 5.76 Å². The largest absolute Gasteiger partial charge is 0.451 e. The Kier molecular flexibility index (Phi) is 4.44. The van der Waals surface area contributed by atoms with Crippen molar-refractivity contribution < 1.29 is 9.21 Å². The maximum Gasteiger partial charge on any atom is 0.291 e. The Morgan fingerprint density at radius 3 is 2.62 bits per heavy atom. The zero-order valence-electron chi connectivity index (χ0n) is 14.5. The number of rotatable bonds is 3. The third-order valence-corrected chi connectivity index (χ3v) is 5.20. The van der Waals surface area contributed by atoms with Crippen LogP contribution < -0.4 is 5.32 Å². The van der Waals surface area contributed by atoms with E-state index in [0.717, 1.165) is 36.6 Å². The van der Waals surface area contributed by atoms with Gasteiger partial charge in [-0.25, -0.2) is 0 Å². The molecule has 0 bridgehead atoms. The van der Waals surface area contributed by atoms with E-state index >= 15 is 0 Å². The van der Waals surface area contributed by atoms with Gasteiger partial charge in [-0.05, 0) is 75.2 Å². The van der Waals surface area contributed by atoms with Crippen molar-refractivity contribution >= 4 is 55.9 Å². The summed E-state index contributed by atoms with van der Waals surface area (Å²) in [4.78, 5) is 12.8. The normalized spacial score (nSPS) is 11.4. The van der Waals surface area contributed by atoms with Gasteiger partial charge in [0.2, 0.25) is 0 Å². The van der Waals surface area contributed by atoms with Crippen LogP contribution >= 0.6 is 22.6 Å². The highest BCUT2D eigenvalue weighted by Crippen LogP contribution is 2.30. The number of benzene rings is 3. The highest BCUT2D eigenvalue weighted by Gasteiger charge is 2.16. The molecule has 0 aliphatic carbocycles. The zero-order valence-corrected chi connectivity index (χ0v) is 16.7. The predicted octanol–water partition coefficient (Wildman–Crippen LogP) is 6.57. The van der Waals surface area contributed by atoms with Crippen molar-refractivity contribution in [2.45, 2.75) is 19.8 Å². The maximum atomic E-state index is 12.8. The molecule has 0 aliphatic rings. The number of carbonyl (C=O) groups is 1. The van der Waals surface area contributed by atoms with E-state index < -0.39 is 0 Å². The average molecular weight is 455 g/mol. The van der Waals surface area contributed by atoms with Crippen LogP contribution in [0, 0.1) is 3.57 Å². The molecule has 0 atom stereocenters. The fourth-order valence-corrected chi connectivity index (χ4v) is 3.73. The number of anilines is 1. The molecule has 0 unspecified atom stereocenters. The van der Waals surface area contributed by atoms with Crippen LogP contribution in [0.2, 0.25) is 0 Å². The second kappa shape index (κ2) is 6.76. The fraction of sp³-hybridized carbons (Fsp3) is 0.136. The highest BCUT2D eigenvalue weighted by molar-refractivity contribution is 14.1. The van der Waals surface area contributed by atoms with E-state index in [9.17, 15) is 4.79 Å². The Morgan fingerprint density at radius 1 is 1.00 bits per heavy atom. The molecular weight excluding hydrogens is 437 g/mol. The minimum atomic E-state index is -0.228. The average Bonchev–Trinajstić information content (AvgIpc) is 3.08. The van der Waals surface area contributed by atoms with Crippen LogP contribution in [0.15, 0.2) is 65.1 Å². The molecule has 0 saturated carbocycles. The molecule has 1 N–H and O–H groups in total. The SMILES string of the molecule is CC(C)c1cc(I)ccc1NC(=O)c1cc2c(ccc3ccccc32)o1. The number of fused-ring (bicyclic) bond motifs is 3. The molecule has 3 nitrogen and oxygen atoms in total. The molecule has 3 aromatic carbocycles. The van der Waals surface area contributed by atoms with E-state index in [0.29, 0.717) is 11.7 Å². The summed E-state index contributed by atoms with van der Waals surface area (Å²) in [6, 6.07) is 19.9. The minimum Gasteiger partial charge on any atom is -0.451 e. The van der Waals surface area contributed by atoms with Gasteiger partial charge in [0, 0.05) is 14.6 Å². The van der Waals surface area contributed by atoms with E-state index in [1.807, 2.05) is 48.5 Å². The van der Waals surface area contributed by atoms with Crippen molar-refractivity contribution in [1.29, 1.82) is 0 Å². The van der Waals surface area contributed by atoms with Gasteiger partial charge < -0.3 is 9.73 Å². The van der Waals surface area contributed by atoms with Crippen molar-refractivity contribution in [3.63, 3.8) is 0 Å². The molecule has 1 heterocycles. The lowest BCUT2D eigenvalue weighted by Crippen LogP contribution is -2.13. The Labute approximate surface area is 165 Å². The number of furan rings is 1. The first-order valence-corrected chi connectivity index (χ1v) is 9.63. The third-order valence-electron chi connectivity index (χ3n) is 4.53. The number of carbonyl (C=O) groups excluding carboxylic acids is 1. The van der Waals surface area contributed by atoms with Gasteiger partial charge >= 0.3 is 0 Å². The van der Waals surface area contributed by atoms with E-state index in [-0.39, 0.29) is 5.91 Å². The standard InChI is InChI=1S/C22H18INO2/c1-13(2)17-11-15(23)8-9-19(17)24-22(25)21-12-18-16-6-4-3-5-14(16)7-10-20(18)26-21/h3-13H,1-2H3,(H,24,25). The summed E-state index contributed by atoms with van der Waals surface area (Å²) in [5.74, 6) is 0.414. The van der Waals surface area contributed by atoms with Crippen LogP contribution in [0.3, 0.4) is 0 Å². The number of amides is 1. The summed E-state index contributed by atoms with van der Waals surface area (Å²) in [5.41, 5.74) is 2.67. The van der Waals surface area contributed by atoms with Crippen LogP contribution in [-0.2, 0) is 0 Å². The van der Waals surface area contributed by atoms with Crippen molar-refractivity contribution in [3.8, 4) is 0 Å². The zero-order chi connectivity index (χ0) is 18.3. The summed E-state index contributed by atoms with van der Waals surface area (Å²) in [6.45, 7) is 4.24. The van der Waals surface area contributed by atoms with E-state index in [2.05, 4.69) is 53.9 Å². The molecule has 4 rings (SSSR count). The lowest BCUT2D eigenvalue weighted by atomic mass is 10.0. The fourth-order valence-electron chi connectivity index (χ4n) is 3.21. The smallest absolute Gasteiger partial charge is 0.291 e. The highest BCUT2D eigenvalue weighted by atomic mass is 127. The Morgan fingerprint density at radius 2 is 1.81 bits per heavy atom. The molecule has 4 heteroatoms. The first-order chi connectivity index (χ1) is 12.5. The van der Waals surface area contributed by atoms with Crippen LogP contribution in [0.5, 0.6) is 0 Å². The topological polar surface area (TPSA) is 42.2 Å². The van der Waals surface area contributed by atoms with E-state index in [1.54, 1.807) is 0 Å². The summed E-state index contributed by atoms with van der Waals surface area (Å²) < 4.78 is 6.97. The summed E-state index contributed by atoms with van der Waals surface area (Å²) in [7, 11) is 0. The predicted molar refractivity (Wildman–Crippen MR) is 115 cm³/mol. The third kappa shape index (κ3) is 3.09. The Balaban J connectivity index is 1.72. The van der Waals surface area contributed by atoms with Gasteiger partial charge in [-0.15, -0.1) is 0 Å². The molecule has 0 radical (unpaired) electrons. The van der Waals surface area contributed by atoms with Gasteiger partial charge in [-0.2, -0.15) is 0 Å². The van der Waals surface area contributed by atoms with Gasteiger partial charge in [0.25, 0.3) is 5.91 Å². The molecule has 1 aromatic heterocycles. The maximum absolute atomic E-state index is 12.8. The summed E-state index contributed by atoms with van der Waals surface area (Å²) >= 11 is 2.29. The molecule has 130 valence electrons. The summed E-state index contributed by atoms with van der Waals surface area (Å²) in [6.07, 6.45) is 0. The quantitative estimate of drug-likeness (QED) is 0.355. The molecule has 0 aliphatic heterocycles. The second-order valence-corrected chi connectivity index (χ2v) is 7.90. The van der Waals surface area contributed by atoms with Gasteiger partial charge in [-0.1, -0.05) is 44.2 Å². The monoisotopic (exact) mass is 455 g/mol. The molecule has 0 fully saturated rings. The Hall–Kier alpha value is -2.34. The molecule has 0 saturated heterocycles. The summed E-state index contributed by atoms with van der Waals surface area (Å²) in [5, 5.41) is 6.19. The van der Waals surface area contributed by atoms with Crippen molar-refractivity contribution in [2.24, 2.45) is 0 Å². The van der Waals surface area contributed by atoms with Crippen molar-refractivity contribution in [3.05, 3.63) is 75.6 Å². The second-order valence-electron chi connectivity index (χ2n) is 6.65.